The number of benzene rings is 2. The van der Waals surface area contributed by atoms with Gasteiger partial charge in [0.1, 0.15) is 11.0 Å². The van der Waals surface area contributed by atoms with Gasteiger partial charge >= 0.3 is 5.97 Å². The molecule has 8 heteroatoms. The summed E-state index contributed by atoms with van der Waals surface area (Å²) in [6, 6.07) is 16.8. The van der Waals surface area contributed by atoms with Crippen molar-refractivity contribution in [3.8, 4) is 11.4 Å². The molecule has 0 aliphatic carbocycles. The van der Waals surface area contributed by atoms with Gasteiger partial charge in [0.15, 0.2) is 0 Å². The Morgan fingerprint density at radius 1 is 1.15 bits per heavy atom. The summed E-state index contributed by atoms with van der Waals surface area (Å²) in [5.74, 6) is 0.415. The maximum Gasteiger partial charge on any atom is 0.324 e. The van der Waals surface area contributed by atoms with E-state index in [2.05, 4.69) is 15.5 Å². The van der Waals surface area contributed by atoms with E-state index in [-0.39, 0.29) is 5.97 Å². The smallest absolute Gasteiger partial charge is 0.324 e. The number of hydrogen-bond donors (Lipinski definition) is 0. The molecule has 26 heavy (non-hydrogen) atoms. The van der Waals surface area contributed by atoms with Crippen molar-refractivity contribution in [2.45, 2.75) is 17.3 Å². The Morgan fingerprint density at radius 2 is 1.88 bits per heavy atom. The van der Waals surface area contributed by atoms with Crippen LogP contribution in [0.5, 0.6) is 5.75 Å². The van der Waals surface area contributed by atoms with Crippen LogP contribution >= 0.6 is 11.8 Å². The van der Waals surface area contributed by atoms with Gasteiger partial charge in [-0.25, -0.2) is 0 Å². The standard InChI is InChI=1S/C18H18N4O3S/c1-3-25-17(23)16(13-7-5-4-6-8-13)26-18-19-20-21-22(18)14-9-11-15(24-2)12-10-14/h4-12,16H,3H2,1-2H3/t16-/m1/s1. The number of aromatic nitrogens is 4. The van der Waals surface area contributed by atoms with Gasteiger partial charge < -0.3 is 9.47 Å². The quantitative estimate of drug-likeness (QED) is 0.467. The van der Waals surface area contributed by atoms with E-state index in [4.69, 9.17) is 9.47 Å². The van der Waals surface area contributed by atoms with Crippen molar-refractivity contribution in [2.75, 3.05) is 13.7 Å². The molecule has 2 aromatic carbocycles. The van der Waals surface area contributed by atoms with Crippen molar-refractivity contribution < 1.29 is 14.3 Å². The Morgan fingerprint density at radius 3 is 2.54 bits per heavy atom. The molecule has 0 bridgehead atoms. The van der Waals surface area contributed by atoms with Crippen LogP contribution in [0.15, 0.2) is 59.8 Å². The van der Waals surface area contributed by atoms with Crippen LogP contribution in [0, 0.1) is 0 Å². The third-order valence-corrected chi connectivity index (χ3v) is 4.75. The summed E-state index contributed by atoms with van der Waals surface area (Å²) in [7, 11) is 1.61. The molecule has 0 unspecified atom stereocenters. The molecule has 0 saturated carbocycles. The minimum absolute atomic E-state index is 0.312. The number of rotatable bonds is 7. The zero-order valence-corrected chi connectivity index (χ0v) is 15.2. The lowest BCUT2D eigenvalue weighted by atomic mass is 10.1. The fourth-order valence-electron chi connectivity index (χ4n) is 2.34. The van der Waals surface area contributed by atoms with Crippen molar-refractivity contribution in [3.63, 3.8) is 0 Å². The van der Waals surface area contributed by atoms with Crippen molar-refractivity contribution >= 4 is 17.7 Å². The van der Waals surface area contributed by atoms with Crippen LogP contribution < -0.4 is 4.74 Å². The zero-order chi connectivity index (χ0) is 18.4. The van der Waals surface area contributed by atoms with Crippen LogP contribution in [0.1, 0.15) is 17.7 Å². The average Bonchev–Trinajstić information content (AvgIpc) is 3.15. The number of esters is 1. The summed E-state index contributed by atoms with van der Waals surface area (Å²) < 4.78 is 12.0. The number of thioether (sulfide) groups is 1. The van der Waals surface area contributed by atoms with Gasteiger partial charge in [-0.1, -0.05) is 42.1 Å². The number of hydrogen-bond acceptors (Lipinski definition) is 7. The van der Waals surface area contributed by atoms with E-state index in [0.717, 1.165) is 17.0 Å². The van der Waals surface area contributed by atoms with Gasteiger partial charge in [-0.3, -0.25) is 4.79 Å². The molecule has 0 aliphatic heterocycles. The monoisotopic (exact) mass is 370 g/mol. The van der Waals surface area contributed by atoms with E-state index in [1.807, 2.05) is 54.6 Å². The largest absolute Gasteiger partial charge is 0.497 e. The molecule has 3 rings (SSSR count). The Balaban J connectivity index is 1.90. The molecule has 134 valence electrons. The first kappa shape index (κ1) is 17.9. The topological polar surface area (TPSA) is 79.1 Å². The van der Waals surface area contributed by atoms with Crippen LogP contribution in [-0.2, 0) is 9.53 Å². The van der Waals surface area contributed by atoms with Gasteiger partial charge in [0.2, 0.25) is 5.16 Å². The van der Waals surface area contributed by atoms with E-state index in [0.29, 0.717) is 11.8 Å². The first-order valence-electron chi connectivity index (χ1n) is 8.04. The van der Waals surface area contributed by atoms with Crippen LogP contribution in [0.25, 0.3) is 5.69 Å². The molecule has 0 amide bonds. The van der Waals surface area contributed by atoms with Crippen LogP contribution in [-0.4, -0.2) is 39.9 Å². The first-order valence-corrected chi connectivity index (χ1v) is 8.92. The molecule has 0 radical (unpaired) electrons. The molecular weight excluding hydrogens is 352 g/mol. The van der Waals surface area contributed by atoms with E-state index < -0.39 is 5.25 Å². The van der Waals surface area contributed by atoms with Gasteiger partial charge in [0.05, 0.1) is 19.4 Å². The van der Waals surface area contributed by atoms with Crippen molar-refractivity contribution in [3.05, 3.63) is 60.2 Å². The molecule has 1 atom stereocenters. The lowest BCUT2D eigenvalue weighted by molar-refractivity contribution is -0.142. The number of methoxy groups -OCH3 is 1. The zero-order valence-electron chi connectivity index (χ0n) is 14.4. The molecular formula is C18H18N4O3S. The number of nitrogens with zero attached hydrogens (tertiary/aromatic N) is 4. The fraction of sp³-hybridized carbons (Fsp3) is 0.222. The second kappa shape index (κ2) is 8.48. The normalized spacial score (nSPS) is 11.8. The molecule has 1 heterocycles. The van der Waals surface area contributed by atoms with E-state index >= 15 is 0 Å². The maximum atomic E-state index is 12.5. The SMILES string of the molecule is CCOC(=O)[C@H](Sc1nnnn1-c1ccc(OC)cc1)c1ccccc1. The Bertz CT molecular complexity index is 852. The van der Waals surface area contributed by atoms with Crippen molar-refractivity contribution in [1.82, 2.24) is 20.2 Å². The third kappa shape index (κ3) is 4.02. The predicted molar refractivity (Wildman–Crippen MR) is 97.4 cm³/mol. The Kier molecular flexibility index (Phi) is 5.85. The van der Waals surface area contributed by atoms with Gasteiger partial charge in [0.25, 0.3) is 0 Å². The second-order valence-corrected chi connectivity index (χ2v) is 6.30. The van der Waals surface area contributed by atoms with Crippen LogP contribution in [0.2, 0.25) is 0 Å². The summed E-state index contributed by atoms with van der Waals surface area (Å²) in [5.41, 5.74) is 1.61. The van der Waals surface area contributed by atoms with Crippen molar-refractivity contribution in [2.24, 2.45) is 0 Å². The van der Waals surface area contributed by atoms with Gasteiger partial charge in [-0.15, -0.1) is 5.10 Å². The molecule has 0 fully saturated rings. The number of ether oxygens (including phenoxy) is 2. The van der Waals surface area contributed by atoms with E-state index in [1.165, 1.54) is 11.8 Å². The fourth-order valence-corrected chi connectivity index (χ4v) is 3.34. The van der Waals surface area contributed by atoms with Gasteiger partial charge in [-0.2, -0.15) is 4.68 Å². The van der Waals surface area contributed by atoms with E-state index in [9.17, 15) is 4.79 Å². The maximum absolute atomic E-state index is 12.5. The van der Waals surface area contributed by atoms with Crippen molar-refractivity contribution in [1.29, 1.82) is 0 Å². The predicted octanol–water partition coefficient (Wildman–Crippen LogP) is 3.07. The molecule has 0 spiro atoms. The first-order chi connectivity index (χ1) is 12.7. The molecule has 0 aliphatic rings. The summed E-state index contributed by atoms with van der Waals surface area (Å²) in [6.45, 7) is 2.10. The van der Waals surface area contributed by atoms with Gasteiger partial charge in [-0.05, 0) is 47.2 Å². The summed E-state index contributed by atoms with van der Waals surface area (Å²) >= 11 is 1.25. The minimum atomic E-state index is -0.556. The Labute approximate surface area is 155 Å². The highest BCUT2D eigenvalue weighted by molar-refractivity contribution is 8.00. The van der Waals surface area contributed by atoms with Crippen LogP contribution in [0.3, 0.4) is 0 Å². The number of carbonyl (C=O) groups excluding carboxylic acids is 1. The third-order valence-electron chi connectivity index (χ3n) is 3.58. The molecule has 3 aromatic rings. The Hall–Kier alpha value is -2.87. The highest BCUT2D eigenvalue weighted by atomic mass is 32.2. The summed E-state index contributed by atoms with van der Waals surface area (Å²) in [6.07, 6.45) is 0. The van der Waals surface area contributed by atoms with E-state index in [1.54, 1.807) is 18.7 Å². The number of carbonyl (C=O) groups is 1. The molecule has 0 N–H and O–H groups in total. The van der Waals surface area contributed by atoms with Crippen LogP contribution in [0.4, 0.5) is 0 Å². The molecule has 0 saturated heterocycles. The minimum Gasteiger partial charge on any atom is -0.497 e. The highest BCUT2D eigenvalue weighted by Crippen LogP contribution is 2.35. The second-order valence-electron chi connectivity index (χ2n) is 5.23. The molecule has 1 aromatic heterocycles. The summed E-state index contributed by atoms with van der Waals surface area (Å²) in [5, 5.41) is 11.8. The lowest BCUT2D eigenvalue weighted by Gasteiger charge is -2.15. The average molecular weight is 370 g/mol. The molecule has 7 nitrogen and oxygen atoms in total. The highest BCUT2D eigenvalue weighted by Gasteiger charge is 2.26. The van der Waals surface area contributed by atoms with Gasteiger partial charge in [0, 0.05) is 0 Å². The lowest BCUT2D eigenvalue weighted by Crippen LogP contribution is -2.14. The number of tetrazole rings is 1. The summed E-state index contributed by atoms with van der Waals surface area (Å²) in [4.78, 5) is 12.5.